The van der Waals surface area contributed by atoms with Gasteiger partial charge >= 0.3 is 0 Å². The highest BCUT2D eigenvalue weighted by atomic mass is 32.1. The summed E-state index contributed by atoms with van der Waals surface area (Å²) >= 11 is 1.49. The number of nitrogens with zero attached hydrogens (tertiary/aromatic N) is 1. The van der Waals surface area contributed by atoms with Crippen molar-refractivity contribution < 1.29 is 9.53 Å². The van der Waals surface area contributed by atoms with Crippen molar-refractivity contribution in [1.29, 1.82) is 0 Å². The molecule has 0 unspecified atom stereocenters. The SMILES string of the molecule is COc1ccc2[nH]c(C)c3c2c1CN(C(=O)c1cccs1)CC3. The normalized spacial score (nSPS) is 14.1. The van der Waals surface area contributed by atoms with Crippen LogP contribution in [0.25, 0.3) is 10.9 Å². The molecule has 0 fully saturated rings. The van der Waals surface area contributed by atoms with E-state index in [0.29, 0.717) is 6.54 Å². The molecular weight excluding hydrogens is 308 g/mol. The highest BCUT2D eigenvalue weighted by molar-refractivity contribution is 7.12. The van der Waals surface area contributed by atoms with Gasteiger partial charge in [0.15, 0.2) is 0 Å². The van der Waals surface area contributed by atoms with E-state index in [1.165, 1.54) is 28.0 Å². The summed E-state index contributed by atoms with van der Waals surface area (Å²) in [5.74, 6) is 0.953. The molecule has 2 aromatic heterocycles. The minimum Gasteiger partial charge on any atom is -0.496 e. The maximum atomic E-state index is 12.8. The van der Waals surface area contributed by atoms with E-state index in [-0.39, 0.29) is 5.91 Å². The van der Waals surface area contributed by atoms with Gasteiger partial charge in [-0.3, -0.25) is 4.79 Å². The molecule has 4 rings (SSSR count). The summed E-state index contributed by atoms with van der Waals surface area (Å²) in [6, 6.07) is 7.86. The van der Waals surface area contributed by atoms with Crippen LogP contribution < -0.4 is 4.74 Å². The predicted molar refractivity (Wildman–Crippen MR) is 92.4 cm³/mol. The molecular formula is C18H18N2O2S. The zero-order valence-electron chi connectivity index (χ0n) is 13.2. The fraction of sp³-hybridized carbons (Fsp3) is 0.278. The highest BCUT2D eigenvalue weighted by Crippen LogP contribution is 2.36. The molecule has 0 atom stereocenters. The molecule has 0 bridgehead atoms. The number of aromatic nitrogens is 1. The fourth-order valence-electron chi connectivity index (χ4n) is 3.45. The van der Waals surface area contributed by atoms with Crippen LogP contribution in [-0.2, 0) is 13.0 Å². The summed E-state index contributed by atoms with van der Waals surface area (Å²) < 4.78 is 5.57. The number of amides is 1. The molecule has 3 aromatic rings. The molecule has 1 aliphatic rings. The van der Waals surface area contributed by atoms with Gasteiger partial charge in [0, 0.05) is 28.7 Å². The highest BCUT2D eigenvalue weighted by Gasteiger charge is 2.26. The Kier molecular flexibility index (Phi) is 3.38. The number of carbonyl (C=O) groups excluding carboxylic acids is 1. The van der Waals surface area contributed by atoms with Gasteiger partial charge in [-0.2, -0.15) is 0 Å². The molecule has 0 saturated carbocycles. The number of hydrogen-bond donors (Lipinski definition) is 1. The first-order chi connectivity index (χ1) is 11.2. The topological polar surface area (TPSA) is 45.3 Å². The van der Waals surface area contributed by atoms with Crippen molar-refractivity contribution in [2.24, 2.45) is 0 Å². The van der Waals surface area contributed by atoms with E-state index in [1.807, 2.05) is 28.5 Å². The first-order valence-corrected chi connectivity index (χ1v) is 8.57. The lowest BCUT2D eigenvalue weighted by atomic mass is 10.0. The van der Waals surface area contributed by atoms with E-state index in [0.717, 1.165) is 34.7 Å². The summed E-state index contributed by atoms with van der Waals surface area (Å²) in [5.41, 5.74) is 4.71. The summed E-state index contributed by atoms with van der Waals surface area (Å²) in [6.45, 7) is 3.41. The lowest BCUT2D eigenvalue weighted by Crippen LogP contribution is -2.31. The number of H-pyrrole nitrogens is 1. The number of thiophene rings is 1. The van der Waals surface area contributed by atoms with Gasteiger partial charge in [0.2, 0.25) is 0 Å². The van der Waals surface area contributed by atoms with Crippen molar-refractivity contribution in [3.05, 3.63) is 51.3 Å². The smallest absolute Gasteiger partial charge is 0.264 e. The van der Waals surface area contributed by atoms with E-state index in [4.69, 9.17) is 4.74 Å². The van der Waals surface area contributed by atoms with Crippen molar-refractivity contribution in [2.75, 3.05) is 13.7 Å². The minimum atomic E-state index is 0.103. The molecule has 1 amide bonds. The Hall–Kier alpha value is -2.27. The average Bonchev–Trinajstić information content (AvgIpc) is 3.13. The summed E-state index contributed by atoms with van der Waals surface area (Å²) in [6.07, 6.45) is 0.864. The van der Waals surface area contributed by atoms with Crippen LogP contribution in [0.15, 0.2) is 29.6 Å². The molecule has 0 saturated heterocycles. The number of rotatable bonds is 2. The third-order valence-corrected chi connectivity index (χ3v) is 5.42. The largest absolute Gasteiger partial charge is 0.496 e. The van der Waals surface area contributed by atoms with E-state index in [2.05, 4.69) is 18.0 Å². The number of methoxy groups -OCH3 is 1. The number of ether oxygens (including phenoxy) is 1. The lowest BCUT2D eigenvalue weighted by molar-refractivity contribution is 0.0751. The van der Waals surface area contributed by atoms with Crippen LogP contribution >= 0.6 is 11.3 Å². The minimum absolute atomic E-state index is 0.103. The number of aromatic amines is 1. The standard InChI is InChI=1S/C18H18N2O2S/c1-11-12-7-8-20(18(21)16-4-3-9-23-16)10-13-15(22-2)6-5-14(19-11)17(12)13/h3-6,9,19H,7-8,10H2,1-2H3. The third kappa shape index (κ3) is 2.23. The van der Waals surface area contributed by atoms with Crippen LogP contribution in [0.5, 0.6) is 5.75 Å². The van der Waals surface area contributed by atoms with Crippen LogP contribution in [0.2, 0.25) is 0 Å². The van der Waals surface area contributed by atoms with Crippen molar-refractivity contribution in [3.8, 4) is 5.75 Å². The van der Waals surface area contributed by atoms with Crippen LogP contribution in [0.3, 0.4) is 0 Å². The van der Waals surface area contributed by atoms with Crippen molar-refractivity contribution in [2.45, 2.75) is 19.9 Å². The lowest BCUT2D eigenvalue weighted by Gasteiger charge is -2.21. The summed E-state index contributed by atoms with van der Waals surface area (Å²) in [4.78, 5) is 19.0. The number of benzene rings is 1. The zero-order valence-corrected chi connectivity index (χ0v) is 14.0. The predicted octanol–water partition coefficient (Wildman–Crippen LogP) is 3.74. The Morgan fingerprint density at radius 1 is 1.30 bits per heavy atom. The molecule has 0 spiro atoms. The average molecular weight is 326 g/mol. The number of carbonyl (C=O) groups is 1. The van der Waals surface area contributed by atoms with Crippen LogP contribution in [0, 0.1) is 6.92 Å². The van der Waals surface area contributed by atoms with Crippen molar-refractivity contribution >= 4 is 28.1 Å². The number of hydrogen-bond acceptors (Lipinski definition) is 3. The molecule has 1 N–H and O–H groups in total. The van der Waals surface area contributed by atoms with Gasteiger partial charge in [0.25, 0.3) is 5.91 Å². The van der Waals surface area contributed by atoms with E-state index in [1.54, 1.807) is 7.11 Å². The molecule has 4 nitrogen and oxygen atoms in total. The molecule has 5 heteroatoms. The van der Waals surface area contributed by atoms with E-state index >= 15 is 0 Å². The van der Waals surface area contributed by atoms with Crippen molar-refractivity contribution in [3.63, 3.8) is 0 Å². The Morgan fingerprint density at radius 2 is 2.17 bits per heavy atom. The van der Waals surface area contributed by atoms with Gasteiger partial charge in [-0.25, -0.2) is 0 Å². The van der Waals surface area contributed by atoms with Crippen LogP contribution in [0.1, 0.15) is 26.5 Å². The maximum Gasteiger partial charge on any atom is 0.264 e. The molecule has 1 aromatic carbocycles. The molecule has 23 heavy (non-hydrogen) atoms. The molecule has 0 radical (unpaired) electrons. The van der Waals surface area contributed by atoms with Gasteiger partial charge in [0.05, 0.1) is 18.5 Å². The second kappa shape index (κ2) is 5.42. The van der Waals surface area contributed by atoms with E-state index < -0.39 is 0 Å². The Labute approximate surface area is 138 Å². The quantitative estimate of drug-likeness (QED) is 0.779. The molecule has 3 heterocycles. The summed E-state index contributed by atoms with van der Waals surface area (Å²) in [7, 11) is 1.69. The second-order valence-corrected chi connectivity index (χ2v) is 6.80. The first-order valence-electron chi connectivity index (χ1n) is 7.69. The second-order valence-electron chi connectivity index (χ2n) is 5.85. The Morgan fingerprint density at radius 3 is 2.91 bits per heavy atom. The van der Waals surface area contributed by atoms with Gasteiger partial charge in [-0.15, -0.1) is 11.3 Å². The molecule has 118 valence electrons. The number of aryl methyl sites for hydroxylation is 1. The zero-order chi connectivity index (χ0) is 16.0. The van der Waals surface area contributed by atoms with Gasteiger partial charge in [0.1, 0.15) is 5.75 Å². The van der Waals surface area contributed by atoms with Crippen LogP contribution in [0.4, 0.5) is 0 Å². The van der Waals surface area contributed by atoms with Gasteiger partial charge < -0.3 is 14.6 Å². The number of nitrogens with one attached hydrogen (secondary N) is 1. The third-order valence-electron chi connectivity index (χ3n) is 4.57. The van der Waals surface area contributed by atoms with Crippen molar-refractivity contribution in [1.82, 2.24) is 9.88 Å². The summed E-state index contributed by atoms with van der Waals surface area (Å²) in [5, 5.41) is 3.17. The van der Waals surface area contributed by atoms with E-state index in [9.17, 15) is 4.79 Å². The Bertz CT molecular complexity index is 880. The Balaban J connectivity index is 1.82. The van der Waals surface area contributed by atoms with Gasteiger partial charge in [-0.05, 0) is 42.5 Å². The molecule has 1 aliphatic heterocycles. The maximum absolute atomic E-state index is 12.8. The monoisotopic (exact) mass is 326 g/mol. The van der Waals surface area contributed by atoms with Gasteiger partial charge in [-0.1, -0.05) is 6.07 Å². The fourth-order valence-corrected chi connectivity index (χ4v) is 4.14. The van der Waals surface area contributed by atoms with Crippen LogP contribution in [-0.4, -0.2) is 29.4 Å². The first kappa shape index (κ1) is 14.3. The molecule has 0 aliphatic carbocycles.